The third-order valence-electron chi connectivity index (χ3n) is 2.23. The van der Waals surface area contributed by atoms with Gasteiger partial charge >= 0.3 is 0 Å². The van der Waals surface area contributed by atoms with Gasteiger partial charge in [-0.15, -0.1) is 0 Å². The van der Waals surface area contributed by atoms with Crippen LogP contribution in [-0.2, 0) is 0 Å². The van der Waals surface area contributed by atoms with Crippen molar-refractivity contribution in [1.82, 2.24) is 0 Å². The SMILES string of the molecule is CC(CO)CSCC(=O)c1ccc(O)cc1O. The maximum atomic E-state index is 11.7. The third kappa shape index (κ3) is 4.28. The number of carbonyl (C=O) groups is 1. The molecular formula is C12H16O4S. The summed E-state index contributed by atoms with van der Waals surface area (Å²) in [4.78, 5) is 11.7. The van der Waals surface area contributed by atoms with Crippen LogP contribution in [0.15, 0.2) is 18.2 Å². The Hall–Kier alpha value is -1.20. The van der Waals surface area contributed by atoms with Crippen molar-refractivity contribution in [2.45, 2.75) is 6.92 Å². The Kier molecular flexibility index (Phi) is 5.31. The number of hydrogen-bond donors (Lipinski definition) is 3. The summed E-state index contributed by atoms with van der Waals surface area (Å²) in [6, 6.07) is 3.92. The average molecular weight is 256 g/mol. The fourth-order valence-electron chi connectivity index (χ4n) is 1.24. The number of hydrogen-bond acceptors (Lipinski definition) is 5. The van der Waals surface area contributed by atoms with Crippen LogP contribution in [0.3, 0.4) is 0 Å². The van der Waals surface area contributed by atoms with E-state index in [0.717, 1.165) is 6.07 Å². The van der Waals surface area contributed by atoms with Gasteiger partial charge in [0.15, 0.2) is 5.78 Å². The summed E-state index contributed by atoms with van der Waals surface area (Å²) in [5.41, 5.74) is 0.215. The molecule has 4 nitrogen and oxygen atoms in total. The predicted molar refractivity (Wildman–Crippen MR) is 67.7 cm³/mol. The highest BCUT2D eigenvalue weighted by atomic mass is 32.2. The van der Waals surface area contributed by atoms with E-state index in [1.807, 2.05) is 6.92 Å². The number of ketones is 1. The first kappa shape index (κ1) is 13.9. The summed E-state index contributed by atoms with van der Waals surface area (Å²) in [5.74, 6) is 0.647. The van der Waals surface area contributed by atoms with Crippen molar-refractivity contribution in [3.63, 3.8) is 0 Å². The zero-order valence-corrected chi connectivity index (χ0v) is 10.4. The molecular weight excluding hydrogens is 240 g/mol. The minimum Gasteiger partial charge on any atom is -0.508 e. The van der Waals surface area contributed by atoms with E-state index >= 15 is 0 Å². The Balaban J connectivity index is 2.52. The van der Waals surface area contributed by atoms with Crippen LogP contribution in [0.25, 0.3) is 0 Å². The molecule has 0 heterocycles. The quantitative estimate of drug-likeness (QED) is 0.674. The molecule has 1 rings (SSSR count). The van der Waals surface area contributed by atoms with Crippen LogP contribution in [0.4, 0.5) is 0 Å². The van der Waals surface area contributed by atoms with Crippen molar-refractivity contribution in [1.29, 1.82) is 0 Å². The molecule has 17 heavy (non-hydrogen) atoms. The van der Waals surface area contributed by atoms with Crippen LogP contribution in [0.5, 0.6) is 11.5 Å². The van der Waals surface area contributed by atoms with E-state index in [0.29, 0.717) is 5.75 Å². The number of carbonyl (C=O) groups excluding carboxylic acids is 1. The lowest BCUT2D eigenvalue weighted by atomic mass is 10.1. The standard InChI is InChI=1S/C12H16O4S/c1-8(5-13)6-17-7-12(16)10-3-2-9(14)4-11(10)15/h2-4,8,13-15H,5-7H2,1H3. The molecule has 0 spiro atoms. The van der Waals surface area contributed by atoms with Gasteiger partial charge < -0.3 is 15.3 Å². The van der Waals surface area contributed by atoms with Gasteiger partial charge in [0.25, 0.3) is 0 Å². The van der Waals surface area contributed by atoms with Gasteiger partial charge in [0.2, 0.25) is 0 Å². The molecule has 0 aliphatic rings. The molecule has 3 N–H and O–H groups in total. The number of phenols is 2. The lowest BCUT2D eigenvalue weighted by Gasteiger charge is -2.07. The number of benzene rings is 1. The topological polar surface area (TPSA) is 77.8 Å². The highest BCUT2D eigenvalue weighted by molar-refractivity contribution is 7.99. The van der Waals surface area contributed by atoms with Gasteiger partial charge in [-0.2, -0.15) is 11.8 Å². The van der Waals surface area contributed by atoms with Crippen molar-refractivity contribution in [2.24, 2.45) is 5.92 Å². The van der Waals surface area contributed by atoms with Crippen LogP contribution in [-0.4, -0.2) is 39.2 Å². The van der Waals surface area contributed by atoms with Gasteiger partial charge in [0.05, 0.1) is 11.3 Å². The predicted octanol–water partition coefficient (Wildman–Crippen LogP) is 1.64. The summed E-state index contributed by atoms with van der Waals surface area (Å²) >= 11 is 1.42. The summed E-state index contributed by atoms with van der Waals surface area (Å²) in [5, 5.41) is 27.4. The van der Waals surface area contributed by atoms with Gasteiger partial charge in [-0.25, -0.2) is 0 Å². The zero-order valence-electron chi connectivity index (χ0n) is 9.59. The second-order valence-corrected chi connectivity index (χ2v) is 4.96. The second kappa shape index (κ2) is 6.51. The second-order valence-electron chi connectivity index (χ2n) is 3.93. The van der Waals surface area contributed by atoms with Crippen LogP contribution in [0, 0.1) is 5.92 Å². The maximum absolute atomic E-state index is 11.7. The molecule has 94 valence electrons. The van der Waals surface area contributed by atoms with E-state index < -0.39 is 0 Å². The van der Waals surface area contributed by atoms with Crippen molar-refractivity contribution in [3.8, 4) is 11.5 Å². The highest BCUT2D eigenvalue weighted by Crippen LogP contribution is 2.24. The van der Waals surface area contributed by atoms with Crippen molar-refractivity contribution in [2.75, 3.05) is 18.1 Å². The molecule has 0 saturated carbocycles. The number of phenolic OH excluding ortho intramolecular Hbond substituents is 2. The van der Waals surface area contributed by atoms with Crippen molar-refractivity contribution in [3.05, 3.63) is 23.8 Å². The number of aliphatic hydroxyl groups excluding tert-OH is 1. The van der Waals surface area contributed by atoms with E-state index in [9.17, 15) is 9.90 Å². The normalized spacial score (nSPS) is 12.4. The van der Waals surface area contributed by atoms with Crippen molar-refractivity contribution >= 4 is 17.5 Å². The number of Topliss-reactive ketones (excluding diaryl/α,β-unsaturated/α-hetero) is 1. The molecule has 1 aromatic carbocycles. The van der Waals surface area contributed by atoms with E-state index in [4.69, 9.17) is 10.2 Å². The summed E-state index contributed by atoms with van der Waals surface area (Å²) in [6.07, 6.45) is 0. The van der Waals surface area contributed by atoms with Gasteiger partial charge in [0.1, 0.15) is 11.5 Å². The molecule has 0 radical (unpaired) electrons. The van der Waals surface area contributed by atoms with Gasteiger partial charge in [-0.3, -0.25) is 4.79 Å². The first-order valence-electron chi connectivity index (χ1n) is 5.28. The van der Waals surface area contributed by atoms with Crippen LogP contribution in [0.2, 0.25) is 0 Å². The van der Waals surface area contributed by atoms with Crippen LogP contribution < -0.4 is 0 Å². The lowest BCUT2D eigenvalue weighted by molar-refractivity contribution is 0.102. The van der Waals surface area contributed by atoms with Gasteiger partial charge in [0, 0.05) is 12.7 Å². The molecule has 0 bridgehead atoms. The van der Waals surface area contributed by atoms with E-state index in [1.165, 1.54) is 23.9 Å². The zero-order chi connectivity index (χ0) is 12.8. The molecule has 0 fully saturated rings. The van der Waals surface area contributed by atoms with Crippen LogP contribution >= 0.6 is 11.8 Å². The van der Waals surface area contributed by atoms with E-state index in [-0.39, 0.29) is 41.1 Å². The molecule has 0 aliphatic heterocycles. The Bertz CT molecular complexity index is 392. The Labute approximate surface area is 104 Å². The molecule has 0 saturated heterocycles. The molecule has 5 heteroatoms. The molecule has 1 atom stereocenters. The Morgan fingerprint density at radius 3 is 2.71 bits per heavy atom. The number of rotatable bonds is 6. The number of thioether (sulfide) groups is 1. The minimum atomic E-state index is -0.203. The fourth-order valence-corrected chi connectivity index (χ4v) is 2.21. The first-order valence-corrected chi connectivity index (χ1v) is 6.44. The summed E-state index contributed by atoms with van der Waals surface area (Å²) in [7, 11) is 0. The molecule has 1 aromatic rings. The average Bonchev–Trinajstić information content (AvgIpc) is 2.28. The Morgan fingerprint density at radius 1 is 1.41 bits per heavy atom. The lowest BCUT2D eigenvalue weighted by Crippen LogP contribution is -2.08. The number of aromatic hydroxyl groups is 2. The van der Waals surface area contributed by atoms with Crippen LogP contribution in [0.1, 0.15) is 17.3 Å². The molecule has 0 amide bonds. The smallest absolute Gasteiger partial charge is 0.176 e. The molecule has 1 unspecified atom stereocenters. The van der Waals surface area contributed by atoms with E-state index in [1.54, 1.807) is 0 Å². The third-order valence-corrected chi connectivity index (χ3v) is 3.50. The van der Waals surface area contributed by atoms with Crippen molar-refractivity contribution < 1.29 is 20.1 Å². The molecule has 0 aromatic heterocycles. The largest absolute Gasteiger partial charge is 0.508 e. The highest BCUT2D eigenvalue weighted by Gasteiger charge is 2.12. The summed E-state index contributed by atoms with van der Waals surface area (Å²) in [6.45, 7) is 2.00. The van der Waals surface area contributed by atoms with Gasteiger partial charge in [-0.1, -0.05) is 6.92 Å². The fraction of sp³-hybridized carbons (Fsp3) is 0.417. The minimum absolute atomic E-state index is 0.0689. The molecule has 0 aliphatic carbocycles. The maximum Gasteiger partial charge on any atom is 0.176 e. The summed E-state index contributed by atoms with van der Waals surface area (Å²) < 4.78 is 0. The first-order chi connectivity index (χ1) is 8.04. The monoisotopic (exact) mass is 256 g/mol. The van der Waals surface area contributed by atoms with Gasteiger partial charge in [-0.05, 0) is 23.8 Å². The number of aliphatic hydroxyl groups is 1. The van der Waals surface area contributed by atoms with E-state index in [2.05, 4.69) is 0 Å². The Morgan fingerprint density at radius 2 is 2.12 bits per heavy atom.